The monoisotopic (exact) mass is 312 g/mol. The number of carbonyl (C=O) groups is 1. The summed E-state index contributed by atoms with van der Waals surface area (Å²) in [6.45, 7) is 0.429. The Balaban J connectivity index is 2.22. The minimum atomic E-state index is -0.343. The second kappa shape index (κ2) is 8.14. The molecule has 0 fully saturated rings. The van der Waals surface area contributed by atoms with Crippen LogP contribution in [0.15, 0.2) is 70.8 Å². The van der Waals surface area contributed by atoms with Crippen LogP contribution in [0.4, 0.5) is 0 Å². The summed E-state index contributed by atoms with van der Waals surface area (Å²) in [6, 6.07) is 18.4. The maximum absolute atomic E-state index is 12.4. The molecule has 0 aliphatic carbocycles. The quantitative estimate of drug-likeness (QED) is 0.301. The molecule has 0 atom stereocenters. The highest BCUT2D eigenvalue weighted by Gasteiger charge is 2.20. The van der Waals surface area contributed by atoms with Crippen LogP contribution in [0, 0.1) is 0 Å². The molecule has 22 heavy (non-hydrogen) atoms. The summed E-state index contributed by atoms with van der Waals surface area (Å²) in [7, 11) is 0. The maximum atomic E-state index is 12.4. The predicted molar refractivity (Wildman–Crippen MR) is 91.1 cm³/mol. The molecule has 5 heteroatoms. The Kier molecular flexibility index (Phi) is 5.91. The Morgan fingerprint density at radius 1 is 1.05 bits per heavy atom. The van der Waals surface area contributed by atoms with Gasteiger partial charge in [-0.25, -0.2) is 0 Å². The summed E-state index contributed by atoms with van der Waals surface area (Å²) < 4.78 is 0. The number of carbonyl (C=O) groups excluding carboxylic acids is 1. The predicted octanol–water partition coefficient (Wildman–Crippen LogP) is 3.66. The van der Waals surface area contributed by atoms with E-state index in [0.717, 1.165) is 5.56 Å². The Morgan fingerprint density at radius 2 is 1.64 bits per heavy atom. The van der Waals surface area contributed by atoms with Crippen LogP contribution in [0.25, 0.3) is 0 Å². The van der Waals surface area contributed by atoms with Crippen molar-refractivity contribution >= 4 is 28.3 Å². The minimum absolute atomic E-state index is 0.0327. The molecular formula is C17H16N2O2S. The van der Waals surface area contributed by atoms with Gasteiger partial charge >= 0.3 is 0 Å². The molecule has 0 aliphatic rings. The van der Waals surface area contributed by atoms with Crippen molar-refractivity contribution in [1.82, 2.24) is 0 Å². The Hall–Kier alpha value is -2.40. The fraction of sp³-hybridized carbons (Fsp3) is 0.118. The lowest BCUT2D eigenvalue weighted by molar-refractivity contribution is 0.106. The van der Waals surface area contributed by atoms with E-state index < -0.39 is 0 Å². The molecule has 0 bridgehead atoms. The van der Waals surface area contributed by atoms with E-state index in [-0.39, 0.29) is 11.5 Å². The molecule has 0 radical (unpaired) electrons. The molecule has 0 saturated carbocycles. The van der Waals surface area contributed by atoms with Gasteiger partial charge in [-0.15, -0.1) is 11.8 Å². The van der Waals surface area contributed by atoms with Crippen molar-refractivity contribution in [3.63, 3.8) is 0 Å². The third kappa shape index (κ3) is 4.05. The molecule has 0 aliphatic heterocycles. The molecule has 1 N–H and O–H groups in total. The van der Waals surface area contributed by atoms with E-state index in [1.165, 1.54) is 11.8 Å². The molecule has 0 spiro atoms. The molecule has 2 aromatic carbocycles. The Bertz CT molecular complexity index is 682. The minimum Gasteiger partial charge on any atom is -0.410 e. The van der Waals surface area contributed by atoms with Gasteiger partial charge in [-0.1, -0.05) is 65.8 Å². The molecule has 2 aromatic rings. The molecule has 2 rings (SSSR count). The van der Waals surface area contributed by atoms with Crippen molar-refractivity contribution in [2.45, 2.75) is 6.54 Å². The maximum Gasteiger partial charge on any atom is 0.217 e. The van der Waals surface area contributed by atoms with Crippen molar-refractivity contribution in [2.75, 3.05) is 6.26 Å². The summed E-state index contributed by atoms with van der Waals surface area (Å²) in [6.07, 6.45) is 1.80. The highest BCUT2D eigenvalue weighted by molar-refractivity contribution is 8.15. The smallest absolute Gasteiger partial charge is 0.217 e. The highest BCUT2D eigenvalue weighted by atomic mass is 32.2. The zero-order valence-corrected chi connectivity index (χ0v) is 13.0. The first-order chi connectivity index (χ1) is 10.8. The first-order valence-corrected chi connectivity index (χ1v) is 7.93. The van der Waals surface area contributed by atoms with E-state index in [1.54, 1.807) is 30.5 Å². The van der Waals surface area contributed by atoms with Gasteiger partial charge in [0.2, 0.25) is 5.78 Å². The summed E-state index contributed by atoms with van der Waals surface area (Å²) in [5, 5.41) is 12.8. The van der Waals surface area contributed by atoms with Crippen molar-refractivity contribution in [3.05, 3.63) is 71.8 Å². The topological polar surface area (TPSA) is 62.0 Å². The molecule has 4 nitrogen and oxygen atoms in total. The lowest BCUT2D eigenvalue weighted by Gasteiger charge is -2.06. The van der Waals surface area contributed by atoms with Gasteiger partial charge in [0.25, 0.3) is 0 Å². The van der Waals surface area contributed by atoms with E-state index in [0.29, 0.717) is 17.2 Å². The van der Waals surface area contributed by atoms with Gasteiger partial charge in [-0.3, -0.25) is 9.79 Å². The number of thioether (sulfide) groups is 1. The second-order valence-electron chi connectivity index (χ2n) is 4.45. The van der Waals surface area contributed by atoms with Crippen LogP contribution in [0.5, 0.6) is 0 Å². The molecule has 0 heterocycles. The number of nitrogens with zero attached hydrogens (tertiary/aromatic N) is 2. The summed E-state index contributed by atoms with van der Waals surface area (Å²) >= 11 is 1.28. The standard InChI is InChI=1S/C17H16N2O2S/c1-22-17(18-12-13-8-4-2-5-9-13)15(19-21)16(20)14-10-6-3-7-11-14/h2-11,21H,12H2,1H3/b18-17?,19-15+. The Morgan fingerprint density at radius 3 is 2.18 bits per heavy atom. The largest absolute Gasteiger partial charge is 0.410 e. The number of Topliss-reactive ketones (excluding diaryl/α,β-unsaturated/α-hetero) is 1. The SMILES string of the molecule is CSC(=NCc1ccccc1)/C(=N/O)C(=O)c1ccccc1. The fourth-order valence-corrected chi connectivity index (χ4v) is 2.41. The van der Waals surface area contributed by atoms with Crippen LogP contribution in [0.3, 0.4) is 0 Å². The van der Waals surface area contributed by atoms with Crippen LogP contribution < -0.4 is 0 Å². The van der Waals surface area contributed by atoms with Crippen LogP contribution in [0.2, 0.25) is 0 Å². The van der Waals surface area contributed by atoms with Gasteiger partial charge in [0.15, 0.2) is 5.71 Å². The summed E-state index contributed by atoms with van der Waals surface area (Å²) in [4.78, 5) is 16.8. The average molecular weight is 312 g/mol. The summed E-state index contributed by atoms with van der Waals surface area (Å²) in [5.74, 6) is -0.343. The zero-order valence-electron chi connectivity index (χ0n) is 12.1. The third-order valence-electron chi connectivity index (χ3n) is 3.00. The zero-order chi connectivity index (χ0) is 15.8. The third-order valence-corrected chi connectivity index (χ3v) is 3.70. The number of ketones is 1. The van der Waals surface area contributed by atoms with Crippen molar-refractivity contribution in [2.24, 2.45) is 10.1 Å². The van der Waals surface area contributed by atoms with Gasteiger partial charge in [-0.05, 0) is 11.8 Å². The molecular weight excluding hydrogens is 296 g/mol. The molecule has 0 unspecified atom stereocenters. The van der Waals surface area contributed by atoms with Gasteiger partial charge in [0.1, 0.15) is 5.04 Å². The van der Waals surface area contributed by atoms with Crippen molar-refractivity contribution in [3.8, 4) is 0 Å². The van der Waals surface area contributed by atoms with Crippen molar-refractivity contribution < 1.29 is 10.0 Å². The van der Waals surface area contributed by atoms with E-state index >= 15 is 0 Å². The van der Waals surface area contributed by atoms with Crippen LogP contribution in [-0.4, -0.2) is 28.0 Å². The number of hydrogen-bond acceptors (Lipinski definition) is 5. The van der Waals surface area contributed by atoms with Crippen LogP contribution in [0.1, 0.15) is 15.9 Å². The number of rotatable bonds is 5. The van der Waals surface area contributed by atoms with Gasteiger partial charge in [0.05, 0.1) is 6.54 Å². The first kappa shape index (κ1) is 16.0. The van der Waals surface area contributed by atoms with Gasteiger partial charge in [0, 0.05) is 5.56 Å². The summed E-state index contributed by atoms with van der Waals surface area (Å²) in [5.41, 5.74) is 1.46. The average Bonchev–Trinajstić information content (AvgIpc) is 2.59. The number of benzene rings is 2. The highest BCUT2D eigenvalue weighted by Crippen LogP contribution is 2.10. The lowest BCUT2D eigenvalue weighted by Crippen LogP contribution is -2.22. The first-order valence-electron chi connectivity index (χ1n) is 6.70. The second-order valence-corrected chi connectivity index (χ2v) is 5.25. The van der Waals surface area contributed by atoms with E-state index in [9.17, 15) is 10.0 Å². The number of oxime groups is 1. The molecule has 0 aromatic heterocycles. The van der Waals surface area contributed by atoms with Gasteiger partial charge < -0.3 is 5.21 Å². The number of aliphatic imine (C=N–C) groups is 1. The lowest BCUT2D eigenvalue weighted by atomic mass is 10.1. The Labute approximate surface area is 133 Å². The van der Waals surface area contributed by atoms with E-state index in [2.05, 4.69) is 10.1 Å². The fourth-order valence-electron chi connectivity index (χ4n) is 1.89. The van der Waals surface area contributed by atoms with E-state index in [4.69, 9.17) is 0 Å². The van der Waals surface area contributed by atoms with Crippen molar-refractivity contribution in [1.29, 1.82) is 0 Å². The van der Waals surface area contributed by atoms with Crippen LogP contribution >= 0.6 is 11.8 Å². The van der Waals surface area contributed by atoms with Crippen LogP contribution in [-0.2, 0) is 6.54 Å². The van der Waals surface area contributed by atoms with E-state index in [1.807, 2.05) is 36.4 Å². The number of hydrogen-bond donors (Lipinski definition) is 1. The van der Waals surface area contributed by atoms with Gasteiger partial charge in [-0.2, -0.15) is 0 Å². The molecule has 0 amide bonds. The molecule has 112 valence electrons. The molecule has 0 saturated heterocycles. The normalized spacial score (nSPS) is 12.2.